The third-order valence-electron chi connectivity index (χ3n) is 5.34. The van der Waals surface area contributed by atoms with Crippen molar-refractivity contribution in [3.63, 3.8) is 0 Å². The Morgan fingerprint density at radius 3 is 2.62 bits per heavy atom. The number of imidazole rings is 2. The predicted molar refractivity (Wildman–Crippen MR) is 129 cm³/mol. The molecule has 0 fully saturated rings. The van der Waals surface area contributed by atoms with E-state index in [-0.39, 0.29) is 4.90 Å². The van der Waals surface area contributed by atoms with E-state index in [0.717, 1.165) is 35.2 Å². The van der Waals surface area contributed by atoms with Gasteiger partial charge in [-0.25, -0.2) is 22.7 Å². The molecule has 0 N–H and O–H groups in total. The van der Waals surface area contributed by atoms with Gasteiger partial charge >= 0.3 is 0 Å². The van der Waals surface area contributed by atoms with E-state index in [1.165, 1.54) is 24.0 Å². The second kappa shape index (κ2) is 9.09. The highest BCUT2D eigenvalue weighted by atomic mass is 32.2. The molecule has 168 valence electrons. The lowest BCUT2D eigenvalue weighted by molar-refractivity contribution is 0.521. The molecule has 4 aromatic rings. The number of hydrogen-bond donors (Lipinski definition) is 0. The van der Waals surface area contributed by atoms with E-state index < -0.39 is 10.0 Å². The van der Waals surface area contributed by atoms with Gasteiger partial charge in [0.1, 0.15) is 5.82 Å². The minimum absolute atomic E-state index is 0.255. The van der Waals surface area contributed by atoms with Gasteiger partial charge in [-0.3, -0.25) is 4.57 Å². The first-order valence-corrected chi connectivity index (χ1v) is 12.9. The molecule has 0 aliphatic carbocycles. The maximum Gasteiger partial charge on any atom is 0.242 e. The third-order valence-corrected chi connectivity index (χ3v) is 8.11. The third kappa shape index (κ3) is 4.20. The average Bonchev–Trinajstić information content (AvgIpc) is 3.37. The molecular weight excluding hydrogens is 442 g/mol. The van der Waals surface area contributed by atoms with E-state index in [0.29, 0.717) is 11.3 Å². The first-order valence-electron chi connectivity index (χ1n) is 10.5. The van der Waals surface area contributed by atoms with Gasteiger partial charge in [-0.15, -0.1) is 0 Å². The molecule has 2 aromatic heterocycles. The summed E-state index contributed by atoms with van der Waals surface area (Å²) >= 11 is 1.62. The Labute approximate surface area is 193 Å². The summed E-state index contributed by atoms with van der Waals surface area (Å²) in [7, 11) is -0.436. The molecule has 0 aliphatic heterocycles. The summed E-state index contributed by atoms with van der Waals surface area (Å²) in [6.45, 7) is 5.03. The number of benzene rings is 2. The lowest BCUT2D eigenvalue weighted by Gasteiger charge is -2.12. The van der Waals surface area contributed by atoms with Crippen LogP contribution in [-0.4, -0.2) is 45.9 Å². The smallest absolute Gasteiger partial charge is 0.242 e. The van der Waals surface area contributed by atoms with Gasteiger partial charge < -0.3 is 4.57 Å². The van der Waals surface area contributed by atoms with Crippen molar-refractivity contribution in [1.29, 1.82) is 0 Å². The van der Waals surface area contributed by atoms with Crippen molar-refractivity contribution in [2.24, 2.45) is 0 Å². The molecule has 0 saturated carbocycles. The fourth-order valence-corrected chi connectivity index (χ4v) is 5.49. The first-order chi connectivity index (χ1) is 15.3. The van der Waals surface area contributed by atoms with Gasteiger partial charge in [0.15, 0.2) is 5.16 Å². The number of aryl methyl sites for hydroxylation is 2. The molecule has 4 rings (SSSR count). The molecule has 0 saturated heterocycles. The number of hydrogen-bond acceptors (Lipinski definition) is 5. The number of rotatable bonds is 8. The Kier molecular flexibility index (Phi) is 6.41. The SMILES string of the molecule is CCCn1c(CSc2nccn2-c2ccccc2C)nc2cc(S(=O)(=O)N(C)C)ccc21. The topological polar surface area (TPSA) is 73.0 Å². The molecule has 0 amide bonds. The molecule has 0 bridgehead atoms. The van der Waals surface area contributed by atoms with Crippen LogP contribution in [-0.2, 0) is 22.3 Å². The molecule has 0 radical (unpaired) electrons. The monoisotopic (exact) mass is 469 g/mol. The minimum atomic E-state index is -3.51. The minimum Gasteiger partial charge on any atom is -0.327 e. The summed E-state index contributed by atoms with van der Waals surface area (Å²) < 4.78 is 30.6. The van der Waals surface area contributed by atoms with E-state index in [1.807, 2.05) is 30.6 Å². The van der Waals surface area contributed by atoms with Gasteiger partial charge in [0.2, 0.25) is 10.0 Å². The van der Waals surface area contributed by atoms with Gasteiger partial charge in [0.25, 0.3) is 0 Å². The summed E-state index contributed by atoms with van der Waals surface area (Å²) in [5.74, 6) is 1.54. The van der Waals surface area contributed by atoms with Crippen LogP contribution in [0, 0.1) is 6.92 Å². The van der Waals surface area contributed by atoms with Gasteiger partial charge in [0, 0.05) is 33.0 Å². The maximum absolute atomic E-state index is 12.6. The highest BCUT2D eigenvalue weighted by Crippen LogP contribution is 2.28. The fourth-order valence-electron chi connectivity index (χ4n) is 3.66. The lowest BCUT2D eigenvalue weighted by Crippen LogP contribution is -2.22. The van der Waals surface area contributed by atoms with Crippen molar-refractivity contribution in [1.82, 2.24) is 23.4 Å². The van der Waals surface area contributed by atoms with E-state index in [2.05, 4.69) is 40.1 Å². The quantitative estimate of drug-likeness (QED) is 0.356. The Morgan fingerprint density at radius 1 is 1.12 bits per heavy atom. The average molecular weight is 470 g/mol. The number of para-hydroxylation sites is 1. The summed E-state index contributed by atoms with van der Waals surface area (Å²) in [4.78, 5) is 9.61. The van der Waals surface area contributed by atoms with Crippen molar-refractivity contribution in [3.8, 4) is 5.69 Å². The highest BCUT2D eigenvalue weighted by molar-refractivity contribution is 7.98. The Hall–Kier alpha value is -2.62. The van der Waals surface area contributed by atoms with Crippen LogP contribution in [0.1, 0.15) is 24.7 Å². The number of thioether (sulfide) groups is 1. The highest BCUT2D eigenvalue weighted by Gasteiger charge is 2.20. The second-order valence-electron chi connectivity index (χ2n) is 7.77. The van der Waals surface area contributed by atoms with Crippen LogP contribution >= 0.6 is 11.8 Å². The van der Waals surface area contributed by atoms with Crippen molar-refractivity contribution >= 4 is 32.8 Å². The van der Waals surface area contributed by atoms with Crippen LogP contribution in [0.5, 0.6) is 0 Å². The van der Waals surface area contributed by atoms with Crippen LogP contribution < -0.4 is 0 Å². The van der Waals surface area contributed by atoms with Gasteiger partial charge in [0.05, 0.1) is 27.4 Å². The van der Waals surface area contributed by atoms with Gasteiger partial charge in [-0.2, -0.15) is 0 Å². The van der Waals surface area contributed by atoms with E-state index >= 15 is 0 Å². The largest absolute Gasteiger partial charge is 0.327 e. The van der Waals surface area contributed by atoms with Crippen LogP contribution in [0.3, 0.4) is 0 Å². The van der Waals surface area contributed by atoms with Gasteiger partial charge in [-0.05, 0) is 43.2 Å². The first kappa shape index (κ1) is 22.6. The van der Waals surface area contributed by atoms with E-state index in [1.54, 1.807) is 23.9 Å². The zero-order valence-corrected chi connectivity index (χ0v) is 20.3. The molecule has 7 nitrogen and oxygen atoms in total. The molecule has 2 aromatic carbocycles. The van der Waals surface area contributed by atoms with Crippen molar-refractivity contribution < 1.29 is 8.42 Å². The summed E-state index contributed by atoms with van der Waals surface area (Å²) in [5.41, 5.74) is 3.93. The molecule has 32 heavy (non-hydrogen) atoms. The molecule has 0 spiro atoms. The number of nitrogens with zero attached hydrogens (tertiary/aromatic N) is 5. The van der Waals surface area contributed by atoms with Gasteiger partial charge in [-0.1, -0.05) is 36.9 Å². The zero-order valence-electron chi connectivity index (χ0n) is 18.7. The Bertz CT molecular complexity index is 1360. The number of aromatic nitrogens is 4. The zero-order chi connectivity index (χ0) is 22.9. The fraction of sp³-hybridized carbons (Fsp3) is 0.304. The van der Waals surface area contributed by atoms with E-state index in [4.69, 9.17) is 4.98 Å². The maximum atomic E-state index is 12.6. The summed E-state index contributed by atoms with van der Waals surface area (Å²) in [6.07, 6.45) is 4.74. The number of sulfonamides is 1. The van der Waals surface area contributed by atoms with Crippen LogP contribution in [0.15, 0.2) is 64.9 Å². The molecular formula is C23H27N5O2S2. The van der Waals surface area contributed by atoms with Crippen LogP contribution in [0.4, 0.5) is 0 Å². The summed E-state index contributed by atoms with van der Waals surface area (Å²) in [5, 5.41) is 0.894. The summed E-state index contributed by atoms with van der Waals surface area (Å²) in [6, 6.07) is 13.4. The van der Waals surface area contributed by atoms with E-state index in [9.17, 15) is 8.42 Å². The van der Waals surface area contributed by atoms with Crippen molar-refractivity contribution in [3.05, 3.63) is 66.2 Å². The molecule has 0 unspecified atom stereocenters. The molecule has 0 atom stereocenters. The van der Waals surface area contributed by atoms with Crippen molar-refractivity contribution in [2.75, 3.05) is 14.1 Å². The predicted octanol–water partition coefficient (Wildman–Crippen LogP) is 4.48. The van der Waals surface area contributed by atoms with Crippen molar-refractivity contribution in [2.45, 2.75) is 42.6 Å². The normalized spacial score (nSPS) is 12.2. The molecule has 0 aliphatic rings. The molecule has 9 heteroatoms. The lowest BCUT2D eigenvalue weighted by atomic mass is 10.2. The second-order valence-corrected chi connectivity index (χ2v) is 10.9. The van der Waals surface area contributed by atoms with Crippen LogP contribution in [0.2, 0.25) is 0 Å². The van der Waals surface area contributed by atoms with Crippen LogP contribution in [0.25, 0.3) is 16.7 Å². The Morgan fingerprint density at radius 2 is 1.91 bits per heavy atom. The molecule has 2 heterocycles. The standard InChI is InChI=1S/C23H27N5O2S2/c1-5-13-27-21-11-10-18(32(29,30)26(3)4)15-19(21)25-22(27)16-31-23-24-12-14-28(23)20-9-7-6-8-17(20)2/h6-12,14-15H,5,13,16H2,1-4H3. The Balaban J connectivity index is 1.67. The number of fused-ring (bicyclic) bond motifs is 1.